The van der Waals surface area contributed by atoms with Gasteiger partial charge < -0.3 is 4.74 Å². The van der Waals surface area contributed by atoms with E-state index in [0.717, 1.165) is 29.5 Å². The molecule has 0 unspecified atom stereocenters. The minimum absolute atomic E-state index is 0.244. The Balaban J connectivity index is 3.20. The van der Waals surface area contributed by atoms with Gasteiger partial charge in [-0.25, -0.2) is 0 Å². The molecule has 0 aliphatic rings. The largest absolute Gasteiger partial charge is 0.469 e. The van der Waals surface area contributed by atoms with E-state index in [0.29, 0.717) is 5.56 Å². The van der Waals surface area contributed by atoms with Crippen LogP contribution in [0.15, 0.2) is 12.1 Å². The highest BCUT2D eigenvalue weighted by Gasteiger charge is 2.11. The number of carbonyl (C=O) groups is 1. The van der Waals surface area contributed by atoms with Crippen LogP contribution in [0.4, 0.5) is 0 Å². The Morgan fingerprint density at radius 1 is 1.24 bits per heavy atom. The smallest absolute Gasteiger partial charge is 0.309 e. The SMILES string of the molecule is CCc1cc(CC(=O)OC)c(CC)cc1C#N. The van der Waals surface area contributed by atoms with Crippen LogP contribution in [-0.2, 0) is 28.8 Å². The van der Waals surface area contributed by atoms with E-state index in [2.05, 4.69) is 10.8 Å². The first-order valence-electron chi connectivity index (χ1n) is 5.77. The van der Waals surface area contributed by atoms with Crippen molar-refractivity contribution in [1.82, 2.24) is 0 Å². The van der Waals surface area contributed by atoms with Crippen molar-refractivity contribution in [3.05, 3.63) is 34.4 Å². The molecule has 0 bridgehead atoms. The van der Waals surface area contributed by atoms with Gasteiger partial charge in [-0.3, -0.25) is 4.79 Å². The fourth-order valence-electron chi connectivity index (χ4n) is 1.86. The van der Waals surface area contributed by atoms with Crippen molar-refractivity contribution in [3.63, 3.8) is 0 Å². The number of hydrogen-bond donors (Lipinski definition) is 0. The van der Waals surface area contributed by atoms with Crippen LogP contribution in [0.3, 0.4) is 0 Å². The lowest BCUT2D eigenvalue weighted by Crippen LogP contribution is -2.08. The molecule has 0 aliphatic carbocycles. The van der Waals surface area contributed by atoms with Crippen molar-refractivity contribution in [3.8, 4) is 6.07 Å². The molecule has 0 amide bonds. The Morgan fingerprint density at radius 3 is 2.35 bits per heavy atom. The second-order valence-corrected chi connectivity index (χ2v) is 3.85. The number of rotatable bonds is 4. The Bertz CT molecular complexity index is 458. The molecule has 90 valence electrons. The van der Waals surface area contributed by atoms with Crippen molar-refractivity contribution >= 4 is 5.97 Å². The summed E-state index contributed by atoms with van der Waals surface area (Å²) in [5.41, 5.74) is 3.71. The van der Waals surface area contributed by atoms with Crippen molar-refractivity contribution in [1.29, 1.82) is 5.26 Å². The molecule has 0 atom stereocenters. The highest BCUT2D eigenvalue weighted by molar-refractivity contribution is 5.73. The van der Waals surface area contributed by atoms with E-state index in [4.69, 9.17) is 5.26 Å². The first kappa shape index (κ1) is 13.2. The van der Waals surface area contributed by atoms with Gasteiger partial charge in [0, 0.05) is 0 Å². The van der Waals surface area contributed by atoms with Gasteiger partial charge in [-0.05, 0) is 35.6 Å². The quantitative estimate of drug-likeness (QED) is 0.748. The average Bonchev–Trinajstić information content (AvgIpc) is 2.37. The molecule has 0 saturated carbocycles. The Kier molecular flexibility index (Phi) is 4.71. The zero-order valence-electron chi connectivity index (χ0n) is 10.5. The fourth-order valence-corrected chi connectivity index (χ4v) is 1.86. The number of methoxy groups -OCH3 is 1. The summed E-state index contributed by atoms with van der Waals surface area (Å²) >= 11 is 0. The number of aryl methyl sites for hydroxylation is 2. The maximum Gasteiger partial charge on any atom is 0.309 e. The number of carbonyl (C=O) groups excluding carboxylic acids is 1. The summed E-state index contributed by atoms with van der Waals surface area (Å²) in [6, 6.07) is 6.04. The van der Waals surface area contributed by atoms with Crippen molar-refractivity contribution < 1.29 is 9.53 Å². The van der Waals surface area contributed by atoms with Crippen molar-refractivity contribution in [2.45, 2.75) is 33.1 Å². The van der Waals surface area contributed by atoms with Crippen LogP contribution < -0.4 is 0 Å². The van der Waals surface area contributed by atoms with E-state index in [9.17, 15) is 4.79 Å². The summed E-state index contributed by atoms with van der Waals surface area (Å²) in [4.78, 5) is 11.3. The third-order valence-corrected chi connectivity index (χ3v) is 2.87. The second kappa shape index (κ2) is 6.05. The summed E-state index contributed by atoms with van der Waals surface area (Å²) < 4.78 is 4.68. The third kappa shape index (κ3) is 3.07. The highest BCUT2D eigenvalue weighted by Crippen LogP contribution is 2.19. The molecule has 1 rings (SSSR count). The predicted octanol–water partition coefficient (Wildman–Crippen LogP) is 2.40. The lowest BCUT2D eigenvalue weighted by molar-refractivity contribution is -0.139. The summed E-state index contributed by atoms with van der Waals surface area (Å²) in [6.45, 7) is 4.02. The molecule has 0 saturated heterocycles. The number of hydrogen-bond acceptors (Lipinski definition) is 3. The van der Waals surface area contributed by atoms with Crippen LogP contribution in [0.2, 0.25) is 0 Å². The van der Waals surface area contributed by atoms with Crippen LogP contribution in [0.1, 0.15) is 36.1 Å². The molecule has 0 aromatic heterocycles. The van der Waals surface area contributed by atoms with Gasteiger partial charge in [-0.2, -0.15) is 5.26 Å². The van der Waals surface area contributed by atoms with Gasteiger partial charge in [-0.1, -0.05) is 19.9 Å². The average molecular weight is 231 g/mol. The number of benzene rings is 1. The molecule has 1 aromatic rings. The minimum Gasteiger partial charge on any atom is -0.469 e. The van der Waals surface area contributed by atoms with E-state index < -0.39 is 0 Å². The van der Waals surface area contributed by atoms with Gasteiger partial charge >= 0.3 is 5.97 Å². The van der Waals surface area contributed by atoms with E-state index >= 15 is 0 Å². The molecule has 3 heteroatoms. The number of nitriles is 1. The molecule has 3 nitrogen and oxygen atoms in total. The predicted molar refractivity (Wildman–Crippen MR) is 65.6 cm³/mol. The van der Waals surface area contributed by atoms with Crippen molar-refractivity contribution in [2.75, 3.05) is 7.11 Å². The number of esters is 1. The standard InChI is InChI=1S/C14H17NO2/c1-4-10-7-13(9-15)11(5-2)6-12(10)8-14(16)17-3/h6-7H,4-5,8H2,1-3H3. The van der Waals surface area contributed by atoms with E-state index in [1.165, 1.54) is 7.11 Å². The van der Waals surface area contributed by atoms with Gasteiger partial charge in [0.1, 0.15) is 0 Å². The molecular formula is C14H17NO2. The summed E-state index contributed by atoms with van der Waals surface area (Å²) in [5.74, 6) is -0.244. The van der Waals surface area contributed by atoms with Crippen LogP contribution >= 0.6 is 0 Å². The summed E-state index contributed by atoms with van der Waals surface area (Å²) in [5, 5.41) is 9.05. The van der Waals surface area contributed by atoms with Gasteiger partial charge in [0.25, 0.3) is 0 Å². The molecule has 0 spiro atoms. The second-order valence-electron chi connectivity index (χ2n) is 3.85. The van der Waals surface area contributed by atoms with Crippen LogP contribution in [0.5, 0.6) is 0 Å². The third-order valence-electron chi connectivity index (χ3n) is 2.87. The van der Waals surface area contributed by atoms with Gasteiger partial charge in [0.15, 0.2) is 0 Å². The number of nitrogens with zero attached hydrogens (tertiary/aromatic N) is 1. The first-order valence-corrected chi connectivity index (χ1v) is 5.77. The Hall–Kier alpha value is -1.82. The van der Waals surface area contributed by atoms with Gasteiger partial charge in [-0.15, -0.1) is 0 Å². The molecule has 0 aliphatic heterocycles. The molecule has 0 heterocycles. The molecule has 1 aromatic carbocycles. The summed E-state index contributed by atoms with van der Waals surface area (Å²) in [7, 11) is 1.39. The van der Waals surface area contributed by atoms with Crippen LogP contribution in [-0.4, -0.2) is 13.1 Å². The molecule has 0 radical (unpaired) electrons. The van der Waals surface area contributed by atoms with E-state index in [1.807, 2.05) is 26.0 Å². The number of ether oxygens (including phenoxy) is 1. The zero-order chi connectivity index (χ0) is 12.8. The van der Waals surface area contributed by atoms with Crippen LogP contribution in [0, 0.1) is 11.3 Å². The van der Waals surface area contributed by atoms with E-state index in [1.54, 1.807) is 0 Å². The van der Waals surface area contributed by atoms with Gasteiger partial charge in [0.2, 0.25) is 0 Å². The minimum atomic E-state index is -0.244. The maximum absolute atomic E-state index is 11.3. The Labute approximate surface area is 102 Å². The summed E-state index contributed by atoms with van der Waals surface area (Å²) in [6.07, 6.45) is 1.88. The first-order chi connectivity index (χ1) is 8.15. The molecule has 17 heavy (non-hydrogen) atoms. The van der Waals surface area contributed by atoms with Crippen LogP contribution in [0.25, 0.3) is 0 Å². The lowest BCUT2D eigenvalue weighted by Gasteiger charge is -2.10. The lowest BCUT2D eigenvalue weighted by atomic mass is 9.94. The highest BCUT2D eigenvalue weighted by atomic mass is 16.5. The normalized spacial score (nSPS) is 9.76. The Morgan fingerprint density at radius 2 is 1.88 bits per heavy atom. The van der Waals surface area contributed by atoms with E-state index in [-0.39, 0.29) is 12.4 Å². The fraction of sp³-hybridized carbons (Fsp3) is 0.429. The topological polar surface area (TPSA) is 50.1 Å². The monoisotopic (exact) mass is 231 g/mol. The maximum atomic E-state index is 11.3. The molecule has 0 N–H and O–H groups in total. The van der Waals surface area contributed by atoms with Gasteiger partial charge in [0.05, 0.1) is 25.2 Å². The molecular weight excluding hydrogens is 214 g/mol. The zero-order valence-corrected chi connectivity index (χ0v) is 10.5. The van der Waals surface area contributed by atoms with Crippen molar-refractivity contribution in [2.24, 2.45) is 0 Å². The molecule has 0 fully saturated rings.